The van der Waals surface area contributed by atoms with Crippen molar-refractivity contribution in [2.75, 3.05) is 0 Å². The van der Waals surface area contributed by atoms with Crippen LogP contribution < -0.4 is 4.74 Å². The number of aromatic nitrogens is 2. The van der Waals surface area contributed by atoms with Crippen molar-refractivity contribution in [2.24, 2.45) is 0 Å². The maximum Gasteiger partial charge on any atom is 0.287 e. The molecule has 0 amide bonds. The minimum Gasteiger partial charge on any atom is -0.479 e. The van der Waals surface area contributed by atoms with E-state index in [0.717, 1.165) is 24.2 Å². The van der Waals surface area contributed by atoms with E-state index in [9.17, 15) is 4.79 Å². The van der Waals surface area contributed by atoms with E-state index in [1.165, 1.54) is 42.3 Å². The summed E-state index contributed by atoms with van der Waals surface area (Å²) in [6, 6.07) is 4.94. The molecule has 28 heavy (non-hydrogen) atoms. The van der Waals surface area contributed by atoms with Gasteiger partial charge in [0.2, 0.25) is 0 Å². The first-order chi connectivity index (χ1) is 13.3. The molecule has 0 aliphatic carbocycles. The van der Waals surface area contributed by atoms with E-state index in [1.54, 1.807) is 25.1 Å². The summed E-state index contributed by atoms with van der Waals surface area (Å²) in [6.07, 6.45) is 7.72. The zero-order valence-electron chi connectivity index (χ0n) is 17.2. The van der Waals surface area contributed by atoms with Gasteiger partial charge in [-0.05, 0) is 57.4 Å². The van der Waals surface area contributed by atoms with E-state index in [2.05, 4.69) is 12.0 Å². The number of unbranched alkanes of at least 4 members (excludes halogenated alkanes) is 5. The Balaban J connectivity index is 2.01. The van der Waals surface area contributed by atoms with Gasteiger partial charge < -0.3 is 4.74 Å². The van der Waals surface area contributed by atoms with Crippen LogP contribution in [0.5, 0.6) is 5.75 Å². The maximum absolute atomic E-state index is 12.9. The van der Waals surface area contributed by atoms with Crippen molar-refractivity contribution < 1.29 is 9.53 Å². The van der Waals surface area contributed by atoms with Gasteiger partial charge in [-0.25, -0.2) is 4.68 Å². The molecular weight excluding hydrogens is 395 g/mol. The first-order valence-electron chi connectivity index (χ1n) is 10.1. The van der Waals surface area contributed by atoms with Crippen molar-refractivity contribution in [1.82, 2.24) is 9.78 Å². The molecule has 1 aromatic carbocycles. The third-order valence-corrected chi connectivity index (χ3v) is 5.51. The average Bonchev–Trinajstić information content (AvgIpc) is 2.94. The molecule has 0 radical (unpaired) electrons. The Kier molecular flexibility index (Phi) is 8.84. The Morgan fingerprint density at radius 1 is 1.14 bits per heavy atom. The lowest BCUT2D eigenvalue weighted by atomic mass is 10.0. The van der Waals surface area contributed by atoms with Gasteiger partial charge in [0.05, 0.1) is 10.7 Å². The lowest BCUT2D eigenvalue weighted by Gasteiger charge is -2.15. The van der Waals surface area contributed by atoms with E-state index in [1.807, 2.05) is 13.8 Å². The van der Waals surface area contributed by atoms with E-state index < -0.39 is 6.10 Å². The minimum absolute atomic E-state index is 0.208. The molecule has 1 atom stereocenters. The molecule has 6 heteroatoms. The summed E-state index contributed by atoms with van der Waals surface area (Å²) in [6.45, 7) is 7.85. The van der Waals surface area contributed by atoms with Gasteiger partial charge in [0, 0.05) is 10.7 Å². The SMILES string of the molecule is CCCCCCCCc1c(C)nn(C(=O)C(C)Oc2ccc(Cl)cc2Cl)c1C. The number of nitrogens with zero attached hydrogens (tertiary/aromatic N) is 2. The molecule has 0 fully saturated rings. The number of benzene rings is 1. The number of rotatable bonds is 10. The number of carbonyl (C=O) groups excluding carboxylic acids is 1. The van der Waals surface area contributed by atoms with Gasteiger partial charge in [0.15, 0.2) is 6.10 Å². The summed E-state index contributed by atoms with van der Waals surface area (Å²) in [5.41, 5.74) is 2.98. The lowest BCUT2D eigenvalue weighted by Crippen LogP contribution is -2.31. The lowest BCUT2D eigenvalue weighted by molar-refractivity contribution is 0.0707. The molecule has 1 unspecified atom stereocenters. The average molecular weight is 425 g/mol. The first kappa shape index (κ1) is 22.8. The first-order valence-corrected chi connectivity index (χ1v) is 10.8. The summed E-state index contributed by atoms with van der Waals surface area (Å²) in [5, 5.41) is 5.37. The van der Waals surface area contributed by atoms with Gasteiger partial charge in [0.1, 0.15) is 5.75 Å². The molecule has 4 nitrogen and oxygen atoms in total. The van der Waals surface area contributed by atoms with Crippen molar-refractivity contribution in [2.45, 2.75) is 78.7 Å². The number of hydrogen-bond donors (Lipinski definition) is 0. The Hall–Kier alpha value is -1.52. The summed E-state index contributed by atoms with van der Waals surface area (Å²) in [4.78, 5) is 12.9. The second-order valence-corrected chi connectivity index (χ2v) is 8.10. The molecule has 2 aromatic rings. The molecule has 1 heterocycles. The fraction of sp³-hybridized carbons (Fsp3) is 0.545. The van der Waals surface area contributed by atoms with Crippen LogP contribution in [0.3, 0.4) is 0 Å². The number of halogens is 2. The highest BCUT2D eigenvalue weighted by atomic mass is 35.5. The van der Waals surface area contributed by atoms with Crippen LogP contribution in [0.2, 0.25) is 10.0 Å². The van der Waals surface area contributed by atoms with E-state index >= 15 is 0 Å². The molecule has 0 aliphatic rings. The predicted molar refractivity (Wildman–Crippen MR) is 116 cm³/mol. The molecule has 1 aromatic heterocycles. The quantitative estimate of drug-likeness (QED) is 0.393. The summed E-state index contributed by atoms with van der Waals surface area (Å²) in [7, 11) is 0. The second-order valence-electron chi connectivity index (χ2n) is 7.25. The Morgan fingerprint density at radius 2 is 1.82 bits per heavy atom. The molecule has 154 valence electrons. The number of ether oxygens (including phenoxy) is 1. The van der Waals surface area contributed by atoms with Crippen LogP contribution in [-0.4, -0.2) is 21.8 Å². The highest BCUT2D eigenvalue weighted by molar-refractivity contribution is 6.35. The Labute approximate surface area is 178 Å². The highest BCUT2D eigenvalue weighted by Gasteiger charge is 2.23. The number of hydrogen-bond acceptors (Lipinski definition) is 3. The standard InChI is InChI=1S/C22H30Cl2N2O2/c1-5-6-7-8-9-10-11-19-15(2)25-26(16(19)3)22(27)17(4)28-21-13-12-18(23)14-20(21)24/h12-14,17H,5-11H2,1-4H3. The molecule has 0 spiro atoms. The largest absolute Gasteiger partial charge is 0.479 e. The van der Waals surface area contributed by atoms with Crippen LogP contribution in [0, 0.1) is 13.8 Å². The Bertz CT molecular complexity index is 802. The minimum atomic E-state index is -0.710. The third kappa shape index (κ3) is 5.99. The van der Waals surface area contributed by atoms with Crippen molar-refractivity contribution in [1.29, 1.82) is 0 Å². The van der Waals surface area contributed by atoms with Gasteiger partial charge in [-0.1, -0.05) is 62.2 Å². The summed E-state index contributed by atoms with van der Waals surface area (Å²) in [5.74, 6) is 0.224. The zero-order valence-corrected chi connectivity index (χ0v) is 18.7. The number of aryl methyl sites for hydroxylation is 1. The molecule has 0 N–H and O–H groups in total. The van der Waals surface area contributed by atoms with Gasteiger partial charge in [-0.2, -0.15) is 5.10 Å². The fourth-order valence-electron chi connectivity index (χ4n) is 3.32. The van der Waals surface area contributed by atoms with Gasteiger partial charge in [-0.15, -0.1) is 0 Å². The summed E-state index contributed by atoms with van der Waals surface area (Å²) < 4.78 is 7.22. The highest BCUT2D eigenvalue weighted by Crippen LogP contribution is 2.28. The fourth-order valence-corrected chi connectivity index (χ4v) is 3.77. The van der Waals surface area contributed by atoms with Crippen molar-refractivity contribution >= 4 is 29.1 Å². The van der Waals surface area contributed by atoms with E-state index in [4.69, 9.17) is 27.9 Å². The normalized spacial score (nSPS) is 12.2. The van der Waals surface area contributed by atoms with E-state index in [0.29, 0.717) is 15.8 Å². The molecule has 2 rings (SSSR count). The second kappa shape index (κ2) is 10.9. The van der Waals surface area contributed by atoms with Crippen LogP contribution in [-0.2, 0) is 6.42 Å². The van der Waals surface area contributed by atoms with Gasteiger partial charge in [-0.3, -0.25) is 4.79 Å². The molecule has 0 saturated carbocycles. The molecular formula is C22H30Cl2N2O2. The zero-order chi connectivity index (χ0) is 20.7. The summed E-state index contributed by atoms with van der Waals surface area (Å²) >= 11 is 12.1. The van der Waals surface area contributed by atoms with Crippen LogP contribution in [0.4, 0.5) is 0 Å². The van der Waals surface area contributed by atoms with Crippen molar-refractivity contribution in [3.05, 3.63) is 45.2 Å². The smallest absolute Gasteiger partial charge is 0.287 e. The topological polar surface area (TPSA) is 44.1 Å². The van der Waals surface area contributed by atoms with Crippen molar-refractivity contribution in [3.63, 3.8) is 0 Å². The number of carbonyl (C=O) groups is 1. The Morgan fingerprint density at radius 3 is 2.50 bits per heavy atom. The van der Waals surface area contributed by atoms with Gasteiger partial charge in [0.25, 0.3) is 5.91 Å². The van der Waals surface area contributed by atoms with Crippen LogP contribution in [0.15, 0.2) is 18.2 Å². The van der Waals surface area contributed by atoms with Crippen LogP contribution >= 0.6 is 23.2 Å². The van der Waals surface area contributed by atoms with Crippen molar-refractivity contribution in [3.8, 4) is 5.75 Å². The van der Waals surface area contributed by atoms with Crippen LogP contribution in [0.25, 0.3) is 0 Å². The molecule has 0 saturated heterocycles. The van der Waals surface area contributed by atoms with Crippen LogP contribution in [0.1, 0.15) is 74.1 Å². The molecule has 0 aliphatic heterocycles. The maximum atomic E-state index is 12.9. The monoisotopic (exact) mass is 424 g/mol. The molecule has 0 bridgehead atoms. The van der Waals surface area contributed by atoms with Gasteiger partial charge >= 0.3 is 0 Å². The predicted octanol–water partition coefficient (Wildman–Crippen LogP) is 6.82. The van der Waals surface area contributed by atoms with E-state index in [-0.39, 0.29) is 5.91 Å². The third-order valence-electron chi connectivity index (χ3n) is 4.98.